The molecule has 0 radical (unpaired) electrons. The summed E-state index contributed by atoms with van der Waals surface area (Å²) in [6.07, 6.45) is 0. The molecule has 0 atom stereocenters. The standard InChI is InChI=1S/C12H4F22O3S.C8H20N/c1-2(13,14)3(15,16)4(17,18)5(19,20)6(21,22)7(23,24)8(25,26)9(27,28)10(29,30)11(31,32)12(33,34)38(35,36)37;1-5-9(6-2,7-3)8-4/h1H3,(H,35,36,37);5-8H2,1-4H3/q;+1/p-1. The number of hydrogen-bond acceptors (Lipinski definition) is 3. The average molecular weight is 775 g/mol. The lowest BCUT2D eigenvalue weighted by molar-refractivity contribution is -0.921. The maximum atomic E-state index is 13.5. The SMILES string of the molecule is CC(F)(F)C(F)(F)C(F)(F)C(F)(F)C(F)(F)C(F)(F)C(F)(F)C(F)(F)C(F)(F)C(F)(F)C(F)(F)S(=O)(=O)[O-].CC[N+](CC)(CC)CC. The lowest BCUT2D eigenvalue weighted by Crippen LogP contribution is -2.78. The molecule has 0 rings (SSSR count). The fourth-order valence-electron chi connectivity index (χ4n) is 3.34. The smallest absolute Gasteiger partial charge is 0.402 e. The van der Waals surface area contributed by atoms with Gasteiger partial charge in [-0.2, -0.15) is 96.6 Å². The minimum Gasteiger partial charge on any atom is -0.743 e. The van der Waals surface area contributed by atoms with Gasteiger partial charge in [-0.3, -0.25) is 0 Å². The molecular weight excluding hydrogens is 752 g/mol. The Bertz CT molecular complexity index is 1160. The van der Waals surface area contributed by atoms with Crippen molar-refractivity contribution in [3.63, 3.8) is 0 Å². The summed E-state index contributed by atoms with van der Waals surface area (Å²) in [6.45, 7) is 12.7. The molecule has 0 bridgehead atoms. The van der Waals surface area contributed by atoms with Crippen LogP contribution in [0.2, 0.25) is 0 Å². The first-order valence-corrected chi connectivity index (χ1v) is 13.4. The molecular formula is C20H23F22NO3S. The molecule has 27 heteroatoms. The van der Waals surface area contributed by atoms with Crippen LogP contribution in [0, 0.1) is 0 Å². The molecule has 0 aromatic carbocycles. The zero-order valence-corrected chi connectivity index (χ0v) is 24.5. The van der Waals surface area contributed by atoms with Gasteiger partial charge in [0.1, 0.15) is 0 Å². The quantitative estimate of drug-likeness (QED) is 0.0955. The van der Waals surface area contributed by atoms with Crippen LogP contribution in [0.4, 0.5) is 96.6 Å². The van der Waals surface area contributed by atoms with Gasteiger partial charge in [0.05, 0.1) is 26.2 Å². The van der Waals surface area contributed by atoms with Gasteiger partial charge in [0.15, 0.2) is 10.1 Å². The third-order valence-electron chi connectivity index (χ3n) is 7.07. The van der Waals surface area contributed by atoms with Crippen molar-refractivity contribution in [3.8, 4) is 0 Å². The maximum Gasteiger partial charge on any atom is 0.402 e. The summed E-state index contributed by atoms with van der Waals surface area (Å²) in [5.74, 6) is -88.2. The van der Waals surface area contributed by atoms with E-state index in [1.165, 1.54) is 30.7 Å². The normalized spacial score (nSPS) is 16.2. The van der Waals surface area contributed by atoms with Crippen molar-refractivity contribution in [3.05, 3.63) is 0 Å². The molecule has 0 N–H and O–H groups in total. The Hall–Kier alpha value is -1.67. The molecule has 286 valence electrons. The summed E-state index contributed by atoms with van der Waals surface area (Å²) in [5.41, 5.74) is 0. The molecule has 0 saturated heterocycles. The van der Waals surface area contributed by atoms with Crippen LogP contribution in [-0.2, 0) is 10.1 Å². The summed E-state index contributed by atoms with van der Waals surface area (Å²) in [4.78, 5) is 0. The Labute approximate surface area is 250 Å². The molecule has 0 aliphatic rings. The van der Waals surface area contributed by atoms with Crippen LogP contribution in [0.5, 0.6) is 0 Å². The van der Waals surface area contributed by atoms with Gasteiger partial charge in [-0.25, -0.2) is 8.42 Å². The fraction of sp³-hybridized carbons (Fsp3) is 1.00. The second kappa shape index (κ2) is 12.9. The molecule has 0 fully saturated rings. The van der Waals surface area contributed by atoms with E-state index in [0.29, 0.717) is 0 Å². The van der Waals surface area contributed by atoms with Crippen molar-refractivity contribution in [1.82, 2.24) is 0 Å². The van der Waals surface area contributed by atoms with Crippen molar-refractivity contribution >= 4 is 10.1 Å². The van der Waals surface area contributed by atoms with Crippen LogP contribution in [0.25, 0.3) is 0 Å². The Kier molecular flexibility index (Phi) is 13.0. The first kappa shape index (κ1) is 47.4. The molecule has 0 aliphatic carbocycles. The highest BCUT2D eigenvalue weighted by molar-refractivity contribution is 7.86. The van der Waals surface area contributed by atoms with Crippen LogP contribution in [0.15, 0.2) is 0 Å². The van der Waals surface area contributed by atoms with Crippen LogP contribution in [-0.4, -0.2) is 108 Å². The lowest BCUT2D eigenvalue weighted by atomic mass is 9.85. The predicted octanol–water partition coefficient (Wildman–Crippen LogP) is 8.38. The largest absolute Gasteiger partial charge is 0.743 e. The van der Waals surface area contributed by atoms with Crippen molar-refractivity contribution < 1.29 is 114 Å². The minimum atomic E-state index is -9.48. The summed E-state index contributed by atoms with van der Waals surface area (Å²) in [6, 6.07) is 0. The second-order valence-electron chi connectivity index (χ2n) is 9.64. The van der Waals surface area contributed by atoms with E-state index >= 15 is 0 Å². The van der Waals surface area contributed by atoms with Crippen LogP contribution < -0.4 is 0 Å². The molecule has 0 aromatic rings. The zero-order valence-electron chi connectivity index (χ0n) is 23.7. The highest BCUT2D eigenvalue weighted by atomic mass is 32.2. The second-order valence-corrected chi connectivity index (χ2v) is 11.1. The van der Waals surface area contributed by atoms with E-state index in [9.17, 15) is 110 Å². The molecule has 4 nitrogen and oxygen atoms in total. The van der Waals surface area contributed by atoms with Gasteiger partial charge in [0, 0.05) is 6.92 Å². The molecule has 0 aromatic heterocycles. The van der Waals surface area contributed by atoms with E-state index in [2.05, 4.69) is 27.7 Å². The fourth-order valence-corrected chi connectivity index (χ4v) is 3.78. The first-order chi connectivity index (χ1) is 20.0. The van der Waals surface area contributed by atoms with Gasteiger partial charge < -0.3 is 9.04 Å². The van der Waals surface area contributed by atoms with Gasteiger partial charge >= 0.3 is 64.5 Å². The molecule has 47 heavy (non-hydrogen) atoms. The number of halogens is 22. The van der Waals surface area contributed by atoms with Crippen molar-refractivity contribution in [2.75, 3.05) is 26.2 Å². The van der Waals surface area contributed by atoms with Crippen molar-refractivity contribution in [2.45, 2.75) is 99.1 Å². The zero-order chi connectivity index (χ0) is 39.3. The van der Waals surface area contributed by atoms with Gasteiger partial charge in [-0.15, -0.1) is 0 Å². The van der Waals surface area contributed by atoms with Crippen molar-refractivity contribution in [2.24, 2.45) is 0 Å². The van der Waals surface area contributed by atoms with Gasteiger partial charge in [0.25, 0.3) is 0 Å². The monoisotopic (exact) mass is 775 g/mol. The van der Waals surface area contributed by atoms with Crippen LogP contribution >= 0.6 is 0 Å². The van der Waals surface area contributed by atoms with E-state index in [4.69, 9.17) is 0 Å². The lowest BCUT2D eigenvalue weighted by Gasteiger charge is -2.45. The van der Waals surface area contributed by atoms with E-state index in [0.717, 1.165) is 0 Å². The summed E-state index contributed by atoms with van der Waals surface area (Å²) >= 11 is 0. The van der Waals surface area contributed by atoms with Crippen molar-refractivity contribution in [1.29, 1.82) is 0 Å². The summed E-state index contributed by atoms with van der Waals surface area (Å²) in [5, 5.41) is -8.22. The van der Waals surface area contributed by atoms with E-state index in [1.807, 2.05) is 0 Å². The highest BCUT2D eigenvalue weighted by Crippen LogP contribution is 2.67. The van der Waals surface area contributed by atoms with E-state index in [1.54, 1.807) is 0 Å². The number of nitrogens with zero attached hydrogens (tertiary/aromatic N) is 1. The van der Waals surface area contributed by atoms with Gasteiger partial charge in [-0.05, 0) is 27.7 Å². The maximum absolute atomic E-state index is 13.5. The number of alkyl halides is 22. The Balaban J connectivity index is 0. The summed E-state index contributed by atoms with van der Waals surface area (Å²) in [7, 11) is -8.39. The molecule has 0 unspecified atom stereocenters. The predicted molar refractivity (Wildman–Crippen MR) is 112 cm³/mol. The topological polar surface area (TPSA) is 57.2 Å². The molecule has 0 saturated carbocycles. The Morgan fingerprint density at radius 3 is 0.702 bits per heavy atom. The minimum absolute atomic E-state index is 1.28. The van der Waals surface area contributed by atoms with Gasteiger partial charge in [-0.1, -0.05) is 0 Å². The van der Waals surface area contributed by atoms with E-state index < -0.39 is 81.5 Å². The molecule has 0 heterocycles. The van der Waals surface area contributed by atoms with E-state index in [-0.39, 0.29) is 0 Å². The average Bonchev–Trinajstić information content (AvgIpc) is 2.88. The molecule has 0 spiro atoms. The summed E-state index contributed by atoms with van der Waals surface area (Å²) < 4.78 is 321. The van der Waals surface area contributed by atoms with Crippen LogP contribution in [0.3, 0.4) is 0 Å². The highest BCUT2D eigenvalue weighted by Gasteiger charge is 2.98. The third kappa shape index (κ3) is 6.65. The van der Waals surface area contributed by atoms with Crippen LogP contribution in [0.1, 0.15) is 34.6 Å². The Morgan fingerprint density at radius 2 is 0.574 bits per heavy atom. The molecule has 0 amide bonds. The number of quaternary nitrogens is 1. The third-order valence-corrected chi connectivity index (χ3v) is 7.95. The number of hydrogen-bond donors (Lipinski definition) is 0. The first-order valence-electron chi connectivity index (χ1n) is 12.0. The Morgan fingerprint density at radius 1 is 0.404 bits per heavy atom. The molecule has 0 aliphatic heterocycles. The van der Waals surface area contributed by atoms with Gasteiger partial charge in [0.2, 0.25) is 0 Å². The number of rotatable bonds is 15.